The number of nitrogens with one attached hydrogen (secondary N) is 1. The van der Waals surface area contributed by atoms with Gasteiger partial charge in [-0.25, -0.2) is 0 Å². The Bertz CT molecular complexity index is 531. The molecule has 1 spiro atoms. The van der Waals surface area contributed by atoms with E-state index >= 15 is 0 Å². The van der Waals surface area contributed by atoms with E-state index in [1.807, 2.05) is 6.07 Å². The Hall–Kier alpha value is -1.35. The Balaban J connectivity index is 1.65. The molecule has 21 heavy (non-hydrogen) atoms. The lowest BCUT2D eigenvalue weighted by Gasteiger charge is -2.34. The number of carbonyl (C=O) groups is 1. The van der Waals surface area contributed by atoms with Gasteiger partial charge < -0.3 is 4.90 Å². The maximum absolute atomic E-state index is 12.9. The van der Waals surface area contributed by atoms with E-state index in [9.17, 15) is 4.79 Å². The van der Waals surface area contributed by atoms with Gasteiger partial charge in [-0.15, -0.1) is 0 Å². The van der Waals surface area contributed by atoms with Gasteiger partial charge in [0.25, 0.3) is 0 Å². The van der Waals surface area contributed by atoms with Crippen LogP contribution >= 0.6 is 0 Å². The van der Waals surface area contributed by atoms with Gasteiger partial charge in [-0.2, -0.15) is 0 Å². The standard InChI is InChI=1S/C18H24N2O/c1-13(14-7-5-6-8-14)20-16(15-9-3-2-4-10-15)19-18(11-12-18)17(20)21/h2-4,9-10,13-14,16,19H,5-8,11-12H2,1H3. The smallest absolute Gasteiger partial charge is 0.244 e. The molecule has 1 N–H and O–H groups in total. The molecule has 0 aromatic heterocycles. The number of carbonyl (C=O) groups excluding carboxylic acids is 1. The molecule has 0 bridgehead atoms. The van der Waals surface area contributed by atoms with Crippen molar-refractivity contribution in [2.45, 2.75) is 63.2 Å². The summed E-state index contributed by atoms with van der Waals surface area (Å²) < 4.78 is 0. The van der Waals surface area contributed by atoms with Crippen LogP contribution in [0, 0.1) is 5.92 Å². The van der Waals surface area contributed by atoms with Gasteiger partial charge in [0.2, 0.25) is 5.91 Å². The maximum atomic E-state index is 12.9. The van der Waals surface area contributed by atoms with Crippen molar-refractivity contribution in [2.24, 2.45) is 5.92 Å². The van der Waals surface area contributed by atoms with Crippen molar-refractivity contribution in [1.82, 2.24) is 10.2 Å². The predicted molar refractivity (Wildman–Crippen MR) is 82.5 cm³/mol. The van der Waals surface area contributed by atoms with Crippen molar-refractivity contribution in [1.29, 1.82) is 0 Å². The molecule has 1 saturated heterocycles. The van der Waals surface area contributed by atoms with Crippen molar-refractivity contribution in [3.63, 3.8) is 0 Å². The zero-order valence-electron chi connectivity index (χ0n) is 12.7. The molecule has 112 valence electrons. The van der Waals surface area contributed by atoms with E-state index in [-0.39, 0.29) is 11.7 Å². The van der Waals surface area contributed by atoms with Gasteiger partial charge >= 0.3 is 0 Å². The minimum atomic E-state index is -0.229. The highest BCUT2D eigenvalue weighted by atomic mass is 16.2. The fraction of sp³-hybridized carbons (Fsp3) is 0.611. The van der Waals surface area contributed by atoms with Crippen LogP contribution in [-0.2, 0) is 4.79 Å². The zero-order chi connectivity index (χ0) is 14.4. The van der Waals surface area contributed by atoms with Gasteiger partial charge in [0, 0.05) is 6.04 Å². The summed E-state index contributed by atoms with van der Waals surface area (Å²) in [7, 11) is 0. The average molecular weight is 284 g/mol. The van der Waals surface area contributed by atoms with Crippen LogP contribution in [0.15, 0.2) is 30.3 Å². The molecule has 2 saturated carbocycles. The number of nitrogens with zero attached hydrogens (tertiary/aromatic N) is 1. The molecule has 1 amide bonds. The Labute approximate surface area is 126 Å². The van der Waals surface area contributed by atoms with Crippen LogP contribution in [0.1, 0.15) is 57.2 Å². The van der Waals surface area contributed by atoms with Crippen LogP contribution in [0.25, 0.3) is 0 Å². The number of hydrogen-bond acceptors (Lipinski definition) is 2. The van der Waals surface area contributed by atoms with Crippen LogP contribution in [0.5, 0.6) is 0 Å². The van der Waals surface area contributed by atoms with E-state index in [4.69, 9.17) is 0 Å². The van der Waals surface area contributed by atoms with E-state index in [1.165, 1.54) is 31.2 Å². The third kappa shape index (κ3) is 2.10. The molecule has 1 heterocycles. The molecular formula is C18H24N2O. The van der Waals surface area contributed by atoms with Gasteiger partial charge in [-0.05, 0) is 44.1 Å². The SMILES string of the molecule is CC(C1CCCC1)N1C(=O)C2(CC2)NC1c1ccccc1. The predicted octanol–water partition coefficient (Wildman–Crippen LogP) is 3.23. The number of benzene rings is 1. The lowest BCUT2D eigenvalue weighted by atomic mass is 9.97. The third-order valence-electron chi connectivity index (χ3n) is 5.72. The second-order valence-corrected chi connectivity index (χ2v) is 7.04. The largest absolute Gasteiger partial charge is 0.318 e. The summed E-state index contributed by atoms with van der Waals surface area (Å²) in [4.78, 5) is 15.1. The Kier molecular flexibility index (Phi) is 3.07. The first-order valence-electron chi connectivity index (χ1n) is 8.37. The first kappa shape index (κ1) is 13.3. The Morgan fingerprint density at radius 2 is 1.86 bits per heavy atom. The minimum absolute atomic E-state index is 0.0665. The highest BCUT2D eigenvalue weighted by Gasteiger charge is 2.60. The summed E-state index contributed by atoms with van der Waals surface area (Å²) in [6.07, 6.45) is 7.28. The normalized spacial score (nSPS) is 29.3. The van der Waals surface area contributed by atoms with E-state index in [0.29, 0.717) is 17.9 Å². The van der Waals surface area contributed by atoms with Crippen molar-refractivity contribution in [2.75, 3.05) is 0 Å². The molecule has 2 atom stereocenters. The van der Waals surface area contributed by atoms with Crippen molar-refractivity contribution < 1.29 is 4.79 Å². The zero-order valence-corrected chi connectivity index (χ0v) is 12.7. The van der Waals surface area contributed by atoms with Gasteiger partial charge in [-0.3, -0.25) is 10.1 Å². The van der Waals surface area contributed by atoms with Gasteiger partial charge in [0.1, 0.15) is 11.7 Å². The van der Waals surface area contributed by atoms with E-state index in [0.717, 1.165) is 12.8 Å². The first-order valence-corrected chi connectivity index (χ1v) is 8.37. The quantitative estimate of drug-likeness (QED) is 0.924. The average Bonchev–Trinajstić information content (AvgIpc) is 2.98. The molecule has 3 heteroatoms. The molecule has 3 fully saturated rings. The lowest BCUT2D eigenvalue weighted by Crippen LogP contribution is -2.42. The Morgan fingerprint density at radius 3 is 2.48 bits per heavy atom. The topological polar surface area (TPSA) is 32.3 Å². The molecule has 3 nitrogen and oxygen atoms in total. The minimum Gasteiger partial charge on any atom is -0.318 e. The van der Waals surface area contributed by atoms with E-state index in [1.54, 1.807) is 0 Å². The molecule has 1 aromatic rings. The molecular weight excluding hydrogens is 260 g/mol. The summed E-state index contributed by atoms with van der Waals surface area (Å²) in [5, 5.41) is 3.64. The van der Waals surface area contributed by atoms with Gasteiger partial charge in [-0.1, -0.05) is 43.2 Å². The van der Waals surface area contributed by atoms with Crippen LogP contribution in [0.3, 0.4) is 0 Å². The van der Waals surface area contributed by atoms with Crippen LogP contribution in [0.2, 0.25) is 0 Å². The van der Waals surface area contributed by atoms with Crippen LogP contribution in [0.4, 0.5) is 0 Å². The first-order chi connectivity index (χ1) is 10.2. The highest BCUT2D eigenvalue weighted by molar-refractivity contribution is 5.92. The fourth-order valence-corrected chi connectivity index (χ4v) is 4.21. The third-order valence-corrected chi connectivity index (χ3v) is 5.72. The number of amides is 1. The van der Waals surface area contributed by atoms with Crippen molar-refractivity contribution >= 4 is 5.91 Å². The summed E-state index contributed by atoms with van der Waals surface area (Å²) in [6.45, 7) is 2.26. The van der Waals surface area contributed by atoms with Crippen molar-refractivity contribution in [3.05, 3.63) is 35.9 Å². The van der Waals surface area contributed by atoms with Crippen LogP contribution < -0.4 is 5.32 Å². The summed E-state index contributed by atoms with van der Waals surface area (Å²) in [5.74, 6) is 1.02. The maximum Gasteiger partial charge on any atom is 0.244 e. The van der Waals surface area contributed by atoms with Crippen LogP contribution in [-0.4, -0.2) is 22.4 Å². The molecule has 1 aliphatic heterocycles. The van der Waals surface area contributed by atoms with Crippen molar-refractivity contribution in [3.8, 4) is 0 Å². The highest BCUT2D eigenvalue weighted by Crippen LogP contribution is 2.48. The molecule has 0 radical (unpaired) electrons. The lowest BCUT2D eigenvalue weighted by molar-refractivity contribution is -0.133. The van der Waals surface area contributed by atoms with E-state index in [2.05, 4.69) is 41.4 Å². The number of rotatable bonds is 3. The number of hydrogen-bond donors (Lipinski definition) is 1. The monoisotopic (exact) mass is 284 g/mol. The molecule has 2 unspecified atom stereocenters. The van der Waals surface area contributed by atoms with E-state index < -0.39 is 0 Å². The van der Waals surface area contributed by atoms with Gasteiger partial charge in [0.05, 0.1) is 0 Å². The summed E-state index contributed by atoms with van der Waals surface area (Å²) >= 11 is 0. The molecule has 1 aromatic carbocycles. The second kappa shape index (κ2) is 4.84. The molecule has 4 rings (SSSR count). The Morgan fingerprint density at radius 1 is 1.19 bits per heavy atom. The van der Waals surface area contributed by atoms with Gasteiger partial charge in [0.15, 0.2) is 0 Å². The summed E-state index contributed by atoms with van der Waals surface area (Å²) in [6, 6.07) is 10.8. The fourth-order valence-electron chi connectivity index (χ4n) is 4.21. The molecule has 2 aliphatic carbocycles. The second-order valence-electron chi connectivity index (χ2n) is 7.04. The molecule has 3 aliphatic rings. The summed E-state index contributed by atoms with van der Waals surface area (Å²) in [5.41, 5.74) is 0.993.